The van der Waals surface area contributed by atoms with Crippen molar-refractivity contribution in [1.82, 2.24) is 9.97 Å². The highest BCUT2D eigenvalue weighted by molar-refractivity contribution is 7.80. The van der Waals surface area contributed by atoms with Gasteiger partial charge in [0.05, 0.1) is 12.3 Å². The molecule has 0 unspecified atom stereocenters. The number of anilines is 2. The maximum atomic E-state index is 5.76. The second-order valence-electron chi connectivity index (χ2n) is 4.88. The summed E-state index contributed by atoms with van der Waals surface area (Å²) in [6.07, 6.45) is 0.897. The van der Waals surface area contributed by atoms with Gasteiger partial charge >= 0.3 is 0 Å². The number of benzene rings is 1. The molecule has 6 heteroatoms. The number of aryl methyl sites for hydroxylation is 1. The molecule has 1 aromatic heterocycles. The van der Waals surface area contributed by atoms with Crippen molar-refractivity contribution in [1.29, 1.82) is 0 Å². The molecule has 1 aromatic carbocycles. The highest BCUT2D eigenvalue weighted by Crippen LogP contribution is 2.34. The number of para-hydroxylation sites is 2. The fourth-order valence-corrected chi connectivity index (χ4v) is 2.44. The second kappa shape index (κ2) is 5.65. The zero-order valence-corrected chi connectivity index (χ0v) is 12.6. The molecule has 0 radical (unpaired) electrons. The Morgan fingerprint density at radius 3 is 2.95 bits per heavy atom. The van der Waals surface area contributed by atoms with Crippen molar-refractivity contribution >= 4 is 28.8 Å². The Hall–Kier alpha value is -2.21. The van der Waals surface area contributed by atoms with Gasteiger partial charge in [0.25, 0.3) is 0 Å². The van der Waals surface area contributed by atoms with Crippen LogP contribution in [0.25, 0.3) is 0 Å². The smallest absolute Gasteiger partial charge is 0.230 e. The summed E-state index contributed by atoms with van der Waals surface area (Å²) >= 11 is 5.03. The van der Waals surface area contributed by atoms with Crippen molar-refractivity contribution in [3.8, 4) is 5.75 Å². The highest BCUT2D eigenvalue weighted by Gasteiger charge is 2.20. The van der Waals surface area contributed by atoms with E-state index >= 15 is 0 Å². The van der Waals surface area contributed by atoms with E-state index in [-0.39, 0.29) is 4.99 Å². The monoisotopic (exact) mass is 300 g/mol. The lowest BCUT2D eigenvalue weighted by Crippen LogP contribution is -2.22. The summed E-state index contributed by atoms with van der Waals surface area (Å²) < 4.78 is 5.76. The Balaban J connectivity index is 2.09. The van der Waals surface area contributed by atoms with Gasteiger partial charge in [-0.25, -0.2) is 9.97 Å². The number of thiocarbonyl (C=S) groups is 1. The molecule has 0 aliphatic carbocycles. The van der Waals surface area contributed by atoms with Crippen LogP contribution in [0.1, 0.15) is 17.8 Å². The van der Waals surface area contributed by atoms with Gasteiger partial charge in [0.15, 0.2) is 0 Å². The van der Waals surface area contributed by atoms with Crippen LogP contribution in [0.3, 0.4) is 0 Å². The SMILES string of the molecule is Cc1cc(C(N)=S)nc(N2CCCOc3ccccc32)n1. The molecule has 1 aliphatic heterocycles. The van der Waals surface area contributed by atoms with E-state index in [1.807, 2.05) is 31.2 Å². The standard InChI is InChI=1S/C15H16N4OS/c1-10-9-11(14(16)21)18-15(17-10)19-7-4-8-20-13-6-3-2-5-12(13)19/h2-3,5-6,9H,4,7-8H2,1H3,(H2,16,21). The quantitative estimate of drug-likeness (QED) is 0.859. The first kappa shape index (κ1) is 13.8. The van der Waals surface area contributed by atoms with Crippen LogP contribution < -0.4 is 15.4 Å². The van der Waals surface area contributed by atoms with Crippen LogP contribution in [-0.4, -0.2) is 28.1 Å². The summed E-state index contributed by atoms with van der Waals surface area (Å²) in [5.74, 6) is 1.45. The zero-order valence-electron chi connectivity index (χ0n) is 11.7. The molecule has 0 saturated carbocycles. The van der Waals surface area contributed by atoms with Gasteiger partial charge in [-0.1, -0.05) is 24.4 Å². The number of nitrogens with zero attached hydrogens (tertiary/aromatic N) is 3. The second-order valence-corrected chi connectivity index (χ2v) is 5.32. The van der Waals surface area contributed by atoms with E-state index in [1.165, 1.54) is 0 Å². The highest BCUT2D eigenvalue weighted by atomic mass is 32.1. The first-order valence-electron chi connectivity index (χ1n) is 6.80. The van der Waals surface area contributed by atoms with Gasteiger partial charge in [-0.15, -0.1) is 0 Å². The normalized spacial score (nSPS) is 14.0. The van der Waals surface area contributed by atoms with Crippen molar-refractivity contribution < 1.29 is 4.74 Å². The van der Waals surface area contributed by atoms with E-state index in [0.29, 0.717) is 18.2 Å². The van der Waals surface area contributed by atoms with E-state index in [2.05, 4.69) is 14.9 Å². The van der Waals surface area contributed by atoms with Crippen LogP contribution in [-0.2, 0) is 0 Å². The van der Waals surface area contributed by atoms with Gasteiger partial charge in [0, 0.05) is 12.2 Å². The predicted octanol–water partition coefficient (Wildman–Crippen LogP) is 2.34. The molecule has 21 heavy (non-hydrogen) atoms. The minimum atomic E-state index is 0.279. The number of rotatable bonds is 2. The lowest BCUT2D eigenvalue weighted by atomic mass is 10.2. The first-order chi connectivity index (χ1) is 10.1. The van der Waals surface area contributed by atoms with Crippen molar-refractivity contribution in [2.45, 2.75) is 13.3 Å². The summed E-state index contributed by atoms with van der Waals surface area (Å²) in [6, 6.07) is 9.70. The molecule has 1 aliphatic rings. The van der Waals surface area contributed by atoms with E-state index in [9.17, 15) is 0 Å². The number of nitrogens with two attached hydrogens (primary N) is 1. The maximum absolute atomic E-state index is 5.76. The molecule has 0 atom stereocenters. The Morgan fingerprint density at radius 2 is 2.14 bits per heavy atom. The Morgan fingerprint density at radius 1 is 1.33 bits per heavy atom. The molecule has 0 amide bonds. The van der Waals surface area contributed by atoms with E-state index in [0.717, 1.165) is 30.1 Å². The molecule has 0 fully saturated rings. The first-order valence-corrected chi connectivity index (χ1v) is 7.21. The molecule has 0 spiro atoms. The van der Waals surface area contributed by atoms with E-state index in [4.69, 9.17) is 22.7 Å². The summed E-state index contributed by atoms with van der Waals surface area (Å²) in [5.41, 5.74) is 8.10. The average Bonchev–Trinajstić information content (AvgIpc) is 2.69. The third-order valence-electron chi connectivity index (χ3n) is 3.28. The molecule has 3 rings (SSSR count). The van der Waals surface area contributed by atoms with Crippen LogP contribution >= 0.6 is 12.2 Å². The van der Waals surface area contributed by atoms with Gasteiger partial charge in [-0.3, -0.25) is 0 Å². The van der Waals surface area contributed by atoms with Crippen LogP contribution in [0.15, 0.2) is 30.3 Å². The van der Waals surface area contributed by atoms with Crippen molar-refractivity contribution in [3.05, 3.63) is 41.7 Å². The molecule has 108 valence electrons. The number of hydrogen-bond donors (Lipinski definition) is 1. The summed E-state index contributed by atoms with van der Waals surface area (Å²) in [4.78, 5) is 11.3. The van der Waals surface area contributed by atoms with E-state index in [1.54, 1.807) is 6.07 Å². The molecule has 5 nitrogen and oxygen atoms in total. The van der Waals surface area contributed by atoms with Crippen molar-refractivity contribution in [2.75, 3.05) is 18.1 Å². The minimum Gasteiger partial charge on any atom is -0.491 e. The van der Waals surface area contributed by atoms with Crippen LogP contribution in [0.5, 0.6) is 5.75 Å². The average molecular weight is 300 g/mol. The summed E-state index contributed by atoms with van der Waals surface area (Å²) in [7, 11) is 0. The number of aromatic nitrogens is 2. The molecular weight excluding hydrogens is 284 g/mol. The fraction of sp³-hybridized carbons (Fsp3) is 0.267. The molecule has 2 N–H and O–H groups in total. The lowest BCUT2D eigenvalue weighted by Gasteiger charge is -2.22. The fourth-order valence-electron chi connectivity index (χ4n) is 2.34. The Labute approximate surface area is 128 Å². The third kappa shape index (κ3) is 2.80. The van der Waals surface area contributed by atoms with Crippen LogP contribution in [0.2, 0.25) is 0 Å². The summed E-state index contributed by atoms with van der Waals surface area (Å²) in [6.45, 7) is 3.38. The number of hydrogen-bond acceptors (Lipinski definition) is 5. The summed E-state index contributed by atoms with van der Waals surface area (Å²) in [5, 5.41) is 0. The molecule has 2 aromatic rings. The molecular formula is C15H16N4OS. The maximum Gasteiger partial charge on any atom is 0.230 e. The topological polar surface area (TPSA) is 64.3 Å². The van der Waals surface area contributed by atoms with Gasteiger partial charge in [-0.05, 0) is 31.5 Å². The van der Waals surface area contributed by atoms with Crippen molar-refractivity contribution in [3.63, 3.8) is 0 Å². The van der Waals surface area contributed by atoms with Gasteiger partial charge in [0.2, 0.25) is 5.95 Å². The van der Waals surface area contributed by atoms with Gasteiger partial charge in [-0.2, -0.15) is 0 Å². The van der Waals surface area contributed by atoms with Crippen LogP contribution in [0.4, 0.5) is 11.6 Å². The molecule has 2 heterocycles. The Bertz CT molecular complexity index is 689. The van der Waals surface area contributed by atoms with Gasteiger partial charge in [0.1, 0.15) is 16.4 Å². The third-order valence-corrected chi connectivity index (χ3v) is 3.49. The molecule has 0 saturated heterocycles. The van der Waals surface area contributed by atoms with E-state index < -0.39 is 0 Å². The largest absolute Gasteiger partial charge is 0.491 e. The minimum absolute atomic E-state index is 0.279. The van der Waals surface area contributed by atoms with Crippen LogP contribution in [0, 0.1) is 6.92 Å². The van der Waals surface area contributed by atoms with Gasteiger partial charge < -0.3 is 15.4 Å². The number of ether oxygens (including phenoxy) is 1. The Kier molecular flexibility index (Phi) is 3.70. The molecule has 0 bridgehead atoms. The lowest BCUT2D eigenvalue weighted by molar-refractivity contribution is 0.322. The predicted molar refractivity (Wildman–Crippen MR) is 86.2 cm³/mol. The number of fused-ring (bicyclic) bond motifs is 1. The van der Waals surface area contributed by atoms with Crippen molar-refractivity contribution in [2.24, 2.45) is 5.73 Å². The zero-order chi connectivity index (χ0) is 14.8.